The largest absolute Gasteiger partial charge is 0.325 e. The molecular weight excluding hydrogens is 456 g/mol. The summed E-state index contributed by atoms with van der Waals surface area (Å²) in [6.45, 7) is -0.149. The number of para-hydroxylation sites is 1. The van der Waals surface area contributed by atoms with Crippen molar-refractivity contribution in [2.75, 3.05) is 11.1 Å². The second-order valence-electron chi connectivity index (χ2n) is 6.88. The molecule has 0 spiro atoms. The quantitative estimate of drug-likeness (QED) is 0.313. The number of carbonyl (C=O) groups is 1. The number of benzene rings is 3. The van der Waals surface area contributed by atoms with E-state index >= 15 is 0 Å². The average Bonchev–Trinajstić information content (AvgIpc) is 2.77. The van der Waals surface area contributed by atoms with Crippen molar-refractivity contribution in [2.24, 2.45) is 0 Å². The molecule has 0 fully saturated rings. The molecule has 5 nitrogen and oxygen atoms in total. The molecule has 0 aliphatic carbocycles. The second-order valence-corrected chi connectivity index (χ2v) is 8.26. The summed E-state index contributed by atoms with van der Waals surface area (Å²) < 4.78 is 28.8. The van der Waals surface area contributed by atoms with E-state index in [4.69, 9.17) is 11.6 Å². The molecule has 0 atom stereocenters. The monoisotopic (exact) mass is 471 g/mol. The highest BCUT2D eigenvalue weighted by Gasteiger charge is 2.15. The maximum absolute atomic E-state index is 14.2. The van der Waals surface area contributed by atoms with Crippen LogP contribution in [0.3, 0.4) is 0 Å². The van der Waals surface area contributed by atoms with E-state index in [1.54, 1.807) is 48.5 Å². The molecule has 1 aromatic heterocycles. The third-order valence-corrected chi connectivity index (χ3v) is 5.86. The van der Waals surface area contributed by atoms with Crippen LogP contribution in [0.2, 0.25) is 5.02 Å². The summed E-state index contributed by atoms with van der Waals surface area (Å²) in [5.41, 5.74) is 0.809. The van der Waals surface area contributed by atoms with Crippen LogP contribution in [-0.4, -0.2) is 21.2 Å². The summed E-state index contributed by atoms with van der Waals surface area (Å²) in [4.78, 5) is 30.0. The normalized spacial score (nSPS) is 11.0. The lowest BCUT2D eigenvalue weighted by molar-refractivity contribution is -0.113. The molecular formula is C23H16ClF2N3O2S. The van der Waals surface area contributed by atoms with E-state index < -0.39 is 11.6 Å². The van der Waals surface area contributed by atoms with Crippen LogP contribution in [0, 0.1) is 11.6 Å². The molecule has 0 unspecified atom stereocenters. The molecule has 162 valence electrons. The molecule has 4 rings (SSSR count). The highest BCUT2D eigenvalue weighted by Crippen LogP contribution is 2.21. The predicted molar refractivity (Wildman–Crippen MR) is 122 cm³/mol. The third kappa shape index (κ3) is 4.98. The van der Waals surface area contributed by atoms with E-state index in [-0.39, 0.29) is 34.5 Å². The first-order valence-electron chi connectivity index (χ1n) is 9.52. The Morgan fingerprint density at radius 1 is 1.06 bits per heavy atom. The molecule has 0 radical (unpaired) electrons. The SMILES string of the molecule is O=C(CSc1nc2ccccc2c(=O)n1Cc1ccc(F)cc1F)Nc1ccc(Cl)cc1. The second kappa shape index (κ2) is 9.50. The van der Waals surface area contributed by atoms with E-state index in [0.29, 0.717) is 21.6 Å². The number of hydrogen-bond donors (Lipinski definition) is 1. The predicted octanol–water partition coefficient (Wildman–Crippen LogP) is 5.11. The zero-order chi connectivity index (χ0) is 22.7. The van der Waals surface area contributed by atoms with Gasteiger partial charge in [-0.2, -0.15) is 0 Å². The first-order valence-corrected chi connectivity index (χ1v) is 10.9. The number of aromatic nitrogens is 2. The van der Waals surface area contributed by atoms with Gasteiger partial charge >= 0.3 is 0 Å². The van der Waals surface area contributed by atoms with Crippen molar-refractivity contribution in [2.45, 2.75) is 11.7 Å². The molecule has 9 heteroatoms. The summed E-state index contributed by atoms with van der Waals surface area (Å²) >= 11 is 6.90. The number of carbonyl (C=O) groups excluding carboxylic acids is 1. The molecule has 0 aliphatic rings. The number of amides is 1. The number of anilines is 1. The Hall–Kier alpha value is -3.23. The number of thioether (sulfide) groups is 1. The van der Waals surface area contributed by atoms with Crippen LogP contribution in [-0.2, 0) is 11.3 Å². The Morgan fingerprint density at radius 2 is 1.81 bits per heavy atom. The number of nitrogens with zero attached hydrogens (tertiary/aromatic N) is 2. The molecule has 32 heavy (non-hydrogen) atoms. The Kier molecular flexibility index (Phi) is 6.53. The maximum Gasteiger partial charge on any atom is 0.262 e. The van der Waals surface area contributed by atoms with Crippen LogP contribution in [0.1, 0.15) is 5.56 Å². The molecule has 0 bridgehead atoms. The molecule has 1 amide bonds. The Bertz CT molecular complexity index is 1360. The zero-order valence-corrected chi connectivity index (χ0v) is 18.1. The van der Waals surface area contributed by atoms with Gasteiger partial charge in [-0.3, -0.25) is 14.2 Å². The Labute approximate surface area is 191 Å². The van der Waals surface area contributed by atoms with Crippen LogP contribution in [0.4, 0.5) is 14.5 Å². The summed E-state index contributed by atoms with van der Waals surface area (Å²) in [5.74, 6) is -1.80. The minimum Gasteiger partial charge on any atom is -0.325 e. The minimum absolute atomic E-state index is 0.0285. The molecule has 0 aliphatic heterocycles. The van der Waals surface area contributed by atoms with Crippen molar-refractivity contribution in [1.82, 2.24) is 9.55 Å². The van der Waals surface area contributed by atoms with Crippen LogP contribution in [0.15, 0.2) is 76.7 Å². The van der Waals surface area contributed by atoms with Gasteiger partial charge in [0, 0.05) is 22.3 Å². The van der Waals surface area contributed by atoms with Gasteiger partial charge in [-0.25, -0.2) is 13.8 Å². The van der Waals surface area contributed by atoms with Gasteiger partial charge in [-0.15, -0.1) is 0 Å². The summed E-state index contributed by atoms with van der Waals surface area (Å²) in [5, 5.41) is 3.91. The van der Waals surface area contributed by atoms with Crippen molar-refractivity contribution in [1.29, 1.82) is 0 Å². The summed E-state index contributed by atoms with van der Waals surface area (Å²) in [7, 11) is 0. The van der Waals surface area contributed by atoms with Gasteiger partial charge in [0.05, 0.1) is 23.2 Å². The first kappa shape index (κ1) is 22.0. The van der Waals surface area contributed by atoms with Gasteiger partial charge in [0.1, 0.15) is 11.6 Å². The fourth-order valence-corrected chi connectivity index (χ4v) is 4.00. The number of nitrogens with one attached hydrogen (secondary N) is 1. The maximum atomic E-state index is 14.2. The van der Waals surface area contributed by atoms with Gasteiger partial charge in [0.15, 0.2) is 5.16 Å². The van der Waals surface area contributed by atoms with Crippen molar-refractivity contribution in [3.63, 3.8) is 0 Å². The van der Waals surface area contributed by atoms with Gasteiger partial charge < -0.3 is 5.32 Å². The number of hydrogen-bond acceptors (Lipinski definition) is 4. The van der Waals surface area contributed by atoms with Crippen molar-refractivity contribution in [3.05, 3.63) is 99.3 Å². The lowest BCUT2D eigenvalue weighted by Crippen LogP contribution is -2.25. The van der Waals surface area contributed by atoms with Gasteiger partial charge in [0.25, 0.3) is 5.56 Å². The minimum atomic E-state index is -0.763. The lowest BCUT2D eigenvalue weighted by atomic mass is 10.2. The summed E-state index contributed by atoms with van der Waals surface area (Å²) in [6, 6.07) is 16.6. The van der Waals surface area contributed by atoms with Crippen LogP contribution in [0.25, 0.3) is 10.9 Å². The van der Waals surface area contributed by atoms with Crippen molar-refractivity contribution < 1.29 is 13.6 Å². The van der Waals surface area contributed by atoms with E-state index in [9.17, 15) is 18.4 Å². The average molecular weight is 472 g/mol. The Morgan fingerprint density at radius 3 is 2.56 bits per heavy atom. The highest BCUT2D eigenvalue weighted by molar-refractivity contribution is 7.99. The van der Waals surface area contributed by atoms with E-state index in [2.05, 4.69) is 10.3 Å². The van der Waals surface area contributed by atoms with Gasteiger partial charge in [-0.1, -0.05) is 41.6 Å². The highest BCUT2D eigenvalue weighted by atomic mass is 35.5. The molecule has 0 saturated heterocycles. The lowest BCUT2D eigenvalue weighted by Gasteiger charge is -2.14. The number of rotatable bonds is 6. The Balaban J connectivity index is 1.63. The van der Waals surface area contributed by atoms with E-state index in [1.807, 2.05) is 0 Å². The molecule has 1 N–H and O–H groups in total. The fraction of sp³-hybridized carbons (Fsp3) is 0.0870. The van der Waals surface area contributed by atoms with Crippen molar-refractivity contribution in [3.8, 4) is 0 Å². The number of halogens is 3. The molecule has 0 saturated carbocycles. The van der Waals surface area contributed by atoms with E-state index in [0.717, 1.165) is 23.9 Å². The van der Waals surface area contributed by atoms with Crippen LogP contribution >= 0.6 is 23.4 Å². The van der Waals surface area contributed by atoms with Crippen molar-refractivity contribution >= 4 is 45.9 Å². The first-order chi connectivity index (χ1) is 15.4. The number of fused-ring (bicyclic) bond motifs is 1. The van der Waals surface area contributed by atoms with Gasteiger partial charge in [-0.05, 0) is 42.5 Å². The standard InChI is InChI=1S/C23H16ClF2N3O2S/c24-15-6-9-17(10-7-15)27-21(30)13-32-23-28-20-4-2-1-3-18(20)22(31)29(23)12-14-5-8-16(25)11-19(14)26/h1-11H,12-13H2,(H,27,30). The van der Waals surface area contributed by atoms with Crippen LogP contribution in [0.5, 0.6) is 0 Å². The smallest absolute Gasteiger partial charge is 0.262 e. The van der Waals surface area contributed by atoms with E-state index in [1.165, 1.54) is 10.6 Å². The molecule has 4 aromatic rings. The third-order valence-electron chi connectivity index (χ3n) is 4.63. The topological polar surface area (TPSA) is 64.0 Å². The molecule has 1 heterocycles. The molecule has 3 aromatic carbocycles. The fourth-order valence-electron chi connectivity index (χ4n) is 3.08. The summed E-state index contributed by atoms with van der Waals surface area (Å²) in [6.07, 6.45) is 0. The van der Waals surface area contributed by atoms with Gasteiger partial charge in [0.2, 0.25) is 5.91 Å². The zero-order valence-electron chi connectivity index (χ0n) is 16.5. The van der Waals surface area contributed by atoms with Crippen LogP contribution < -0.4 is 10.9 Å².